The molecule has 9 nitrogen and oxygen atoms in total. The molecule has 0 amide bonds. The zero-order valence-electron chi connectivity index (χ0n) is 24.2. The molecule has 2 aromatic carbocycles. The summed E-state index contributed by atoms with van der Waals surface area (Å²) in [6, 6.07) is 14.4. The van der Waals surface area contributed by atoms with Crippen molar-refractivity contribution in [2.75, 3.05) is 17.2 Å². The van der Waals surface area contributed by atoms with Gasteiger partial charge in [0, 0.05) is 35.4 Å². The lowest BCUT2D eigenvalue weighted by atomic mass is 9.50. The predicted octanol–water partition coefficient (Wildman–Crippen LogP) is 6.43. The first-order chi connectivity index (χ1) is 20.7. The molecule has 2 N–H and O–H groups in total. The Morgan fingerprint density at radius 3 is 2.53 bits per heavy atom. The maximum Gasteiger partial charge on any atom is 0.149 e. The third-order valence-corrected chi connectivity index (χ3v) is 8.68. The molecular formula is C33H30FN9. The molecule has 43 heavy (non-hydrogen) atoms. The van der Waals surface area contributed by atoms with Crippen molar-refractivity contribution in [2.45, 2.75) is 51.6 Å². The molecule has 10 heteroatoms. The maximum atomic E-state index is 14.8. The van der Waals surface area contributed by atoms with E-state index >= 15 is 0 Å². The summed E-state index contributed by atoms with van der Waals surface area (Å²) in [4.78, 5) is 8.78. The van der Waals surface area contributed by atoms with Gasteiger partial charge in [0.05, 0.1) is 40.1 Å². The second kappa shape index (κ2) is 9.74. The van der Waals surface area contributed by atoms with Crippen molar-refractivity contribution in [2.24, 2.45) is 11.3 Å². The first-order valence-corrected chi connectivity index (χ1v) is 14.4. The summed E-state index contributed by atoms with van der Waals surface area (Å²) < 4.78 is 16.8. The van der Waals surface area contributed by atoms with Crippen molar-refractivity contribution in [1.82, 2.24) is 25.0 Å². The molecule has 3 aliphatic rings. The Morgan fingerprint density at radius 1 is 1.05 bits per heavy atom. The molecule has 3 aliphatic carbocycles. The third kappa shape index (κ3) is 4.51. The van der Waals surface area contributed by atoms with Crippen LogP contribution in [0.15, 0.2) is 55.0 Å². The van der Waals surface area contributed by atoms with Crippen LogP contribution in [-0.2, 0) is 5.54 Å². The van der Waals surface area contributed by atoms with E-state index in [1.165, 1.54) is 12.3 Å². The Bertz CT molecular complexity index is 1980. The number of anilines is 2. The van der Waals surface area contributed by atoms with Crippen LogP contribution >= 0.6 is 0 Å². The monoisotopic (exact) mass is 571 g/mol. The molecular weight excluding hydrogens is 541 g/mol. The Morgan fingerprint density at radius 2 is 1.84 bits per heavy atom. The number of nitrogens with zero attached hydrogens (tertiary/aromatic N) is 7. The fraction of sp³-hybridized carbons (Fsp3) is 0.333. The maximum absolute atomic E-state index is 14.8. The van der Waals surface area contributed by atoms with Gasteiger partial charge in [-0.3, -0.25) is 9.97 Å². The van der Waals surface area contributed by atoms with E-state index < -0.39 is 11.9 Å². The van der Waals surface area contributed by atoms with Crippen molar-refractivity contribution in [1.29, 1.82) is 10.5 Å². The minimum atomic E-state index is -0.532. The number of halogens is 1. The quantitative estimate of drug-likeness (QED) is 0.229. The van der Waals surface area contributed by atoms with Crippen molar-refractivity contribution < 1.29 is 4.39 Å². The Balaban J connectivity index is 1.37. The van der Waals surface area contributed by atoms with Gasteiger partial charge in [-0.2, -0.15) is 10.5 Å². The highest BCUT2D eigenvalue weighted by Gasteiger charge is 2.59. The van der Waals surface area contributed by atoms with Crippen LogP contribution in [-0.4, -0.2) is 31.5 Å². The molecule has 0 spiro atoms. The molecule has 214 valence electrons. The highest BCUT2D eigenvalue weighted by atomic mass is 19.1. The van der Waals surface area contributed by atoms with Crippen LogP contribution in [0.2, 0.25) is 0 Å². The second-order valence-corrected chi connectivity index (χ2v) is 13.0. The normalized spacial score (nSPS) is 19.6. The molecule has 0 radical (unpaired) electrons. The van der Waals surface area contributed by atoms with E-state index in [9.17, 15) is 14.9 Å². The second-order valence-electron chi connectivity index (χ2n) is 13.0. The van der Waals surface area contributed by atoms with Gasteiger partial charge in [-0.25, -0.2) is 9.07 Å². The van der Waals surface area contributed by atoms with Crippen molar-refractivity contribution in [3.05, 3.63) is 83.2 Å². The van der Waals surface area contributed by atoms with E-state index in [0.717, 1.165) is 30.7 Å². The summed E-state index contributed by atoms with van der Waals surface area (Å²) in [5, 5.41) is 37.5. The molecule has 3 heterocycles. The Labute approximate surface area is 248 Å². The minimum absolute atomic E-state index is 0.0504. The predicted molar refractivity (Wildman–Crippen MR) is 162 cm³/mol. The molecule has 3 aromatic heterocycles. The summed E-state index contributed by atoms with van der Waals surface area (Å²) in [5.74, 6) is 0.376. The van der Waals surface area contributed by atoms with E-state index in [4.69, 9.17) is 0 Å². The van der Waals surface area contributed by atoms with E-state index in [-0.39, 0.29) is 16.5 Å². The number of nitrogens with one attached hydrogen (secondary N) is 2. The third-order valence-electron chi connectivity index (χ3n) is 8.68. The van der Waals surface area contributed by atoms with Crippen LogP contribution < -0.4 is 10.6 Å². The number of nitriles is 2. The van der Waals surface area contributed by atoms with Gasteiger partial charge in [-0.1, -0.05) is 38.1 Å². The number of pyridine rings is 2. The van der Waals surface area contributed by atoms with Crippen LogP contribution in [0.1, 0.15) is 68.5 Å². The zero-order valence-corrected chi connectivity index (χ0v) is 24.2. The van der Waals surface area contributed by atoms with Gasteiger partial charge < -0.3 is 10.6 Å². The standard InChI is InChI=1S/C33H30FN9/c1-32(2,3)18-39-29-21(15-36)16-38-28-20(14-35)9-22(10-25(28)29)40-31(24-6-7-26(34)30-23(24)5-4-8-37-30)27-17-43(42-41-27)33-11-19(12-33)13-33/h4-10,16-17,19,31,40H,11-13,18H2,1-3H3,(H,38,39). The Kier molecular flexibility index (Phi) is 6.07. The number of rotatable bonds is 7. The average molecular weight is 572 g/mol. The number of aromatic nitrogens is 5. The van der Waals surface area contributed by atoms with E-state index in [1.54, 1.807) is 24.4 Å². The number of hydrogen-bond donors (Lipinski definition) is 2. The van der Waals surface area contributed by atoms with Crippen LogP contribution in [0.3, 0.4) is 0 Å². The lowest BCUT2D eigenvalue weighted by molar-refractivity contribution is -0.0989. The van der Waals surface area contributed by atoms with Gasteiger partial charge in [0.25, 0.3) is 0 Å². The van der Waals surface area contributed by atoms with Gasteiger partial charge in [0.15, 0.2) is 0 Å². The number of fused-ring (bicyclic) bond motifs is 2. The van der Waals surface area contributed by atoms with Crippen molar-refractivity contribution in [3.8, 4) is 12.1 Å². The molecule has 1 unspecified atom stereocenters. The largest absolute Gasteiger partial charge is 0.383 e. The van der Waals surface area contributed by atoms with Gasteiger partial charge in [-0.05, 0) is 60.4 Å². The van der Waals surface area contributed by atoms with Gasteiger partial charge in [-0.15, -0.1) is 5.10 Å². The molecule has 1 atom stereocenters. The SMILES string of the molecule is CC(C)(C)CNc1c(C#N)cnc2c(C#N)cc(NC(c3cn(C45CC(C4)C5)nn3)c3ccc(F)c4ncccc34)cc12. The van der Waals surface area contributed by atoms with Crippen molar-refractivity contribution in [3.63, 3.8) is 0 Å². The van der Waals surface area contributed by atoms with Gasteiger partial charge in [0.2, 0.25) is 0 Å². The van der Waals surface area contributed by atoms with E-state index in [0.29, 0.717) is 51.0 Å². The van der Waals surface area contributed by atoms with Gasteiger partial charge in [0.1, 0.15) is 29.2 Å². The topological polar surface area (TPSA) is 128 Å². The van der Waals surface area contributed by atoms with Crippen LogP contribution in [0.5, 0.6) is 0 Å². The molecule has 8 rings (SSSR count). The van der Waals surface area contributed by atoms with Crippen LogP contribution in [0, 0.1) is 39.8 Å². The number of benzene rings is 2. The van der Waals surface area contributed by atoms with E-state index in [1.807, 2.05) is 23.0 Å². The van der Waals surface area contributed by atoms with Crippen LogP contribution in [0.25, 0.3) is 21.8 Å². The van der Waals surface area contributed by atoms with Crippen LogP contribution in [0.4, 0.5) is 15.8 Å². The first kappa shape index (κ1) is 26.8. The lowest BCUT2D eigenvalue weighted by Gasteiger charge is -2.61. The molecule has 2 bridgehead atoms. The first-order valence-electron chi connectivity index (χ1n) is 14.4. The fourth-order valence-corrected chi connectivity index (χ4v) is 6.34. The summed E-state index contributed by atoms with van der Waals surface area (Å²) in [5.41, 5.74) is 4.25. The minimum Gasteiger partial charge on any atom is -0.383 e. The van der Waals surface area contributed by atoms with E-state index in [2.05, 4.69) is 63.8 Å². The molecule has 5 aromatic rings. The molecule has 0 aliphatic heterocycles. The highest BCUT2D eigenvalue weighted by Crippen LogP contribution is 2.62. The zero-order chi connectivity index (χ0) is 29.9. The summed E-state index contributed by atoms with van der Waals surface area (Å²) in [6.07, 6.45) is 8.41. The van der Waals surface area contributed by atoms with Crippen molar-refractivity contribution >= 4 is 33.2 Å². The number of hydrogen-bond acceptors (Lipinski definition) is 8. The smallest absolute Gasteiger partial charge is 0.149 e. The van der Waals surface area contributed by atoms with Gasteiger partial charge >= 0.3 is 0 Å². The summed E-state index contributed by atoms with van der Waals surface area (Å²) in [6.45, 7) is 6.93. The Hall–Kier alpha value is -5.09. The highest BCUT2D eigenvalue weighted by molar-refractivity contribution is 5.99. The molecule has 3 fully saturated rings. The average Bonchev–Trinajstić information content (AvgIpc) is 3.42. The molecule has 0 saturated heterocycles. The molecule has 3 saturated carbocycles. The summed E-state index contributed by atoms with van der Waals surface area (Å²) >= 11 is 0. The summed E-state index contributed by atoms with van der Waals surface area (Å²) in [7, 11) is 0. The fourth-order valence-electron chi connectivity index (χ4n) is 6.34. The lowest BCUT2D eigenvalue weighted by Crippen LogP contribution is -2.59.